The minimum Gasteiger partial charge on any atom is -0.480 e. The average molecular weight is 353 g/mol. The number of quaternary nitrogens is 1. The quantitative estimate of drug-likeness (QED) is 0.833. The fraction of sp³-hybridized carbons (Fsp3) is 0.381. The van der Waals surface area contributed by atoms with Crippen LogP contribution in [0.15, 0.2) is 48.5 Å². The van der Waals surface area contributed by atoms with Gasteiger partial charge < -0.3 is 19.7 Å². The van der Waals surface area contributed by atoms with Crippen molar-refractivity contribution < 1.29 is 19.2 Å². The first kappa shape index (κ1) is 17.1. The Morgan fingerprint density at radius 1 is 1.04 bits per heavy atom. The molecular formula is C21H25N2O3+. The van der Waals surface area contributed by atoms with Gasteiger partial charge in [0.15, 0.2) is 6.10 Å². The monoisotopic (exact) mass is 353 g/mol. The Labute approximate surface area is 153 Å². The van der Waals surface area contributed by atoms with Crippen LogP contribution in [-0.4, -0.2) is 38.3 Å². The molecule has 2 aliphatic rings. The van der Waals surface area contributed by atoms with Gasteiger partial charge in [0.05, 0.1) is 13.2 Å². The molecule has 0 unspecified atom stereocenters. The predicted molar refractivity (Wildman–Crippen MR) is 98.1 cm³/mol. The van der Waals surface area contributed by atoms with E-state index in [0.717, 1.165) is 44.2 Å². The molecule has 4 rings (SSSR count). The summed E-state index contributed by atoms with van der Waals surface area (Å²) in [5, 5.41) is 3.06. The summed E-state index contributed by atoms with van der Waals surface area (Å²) >= 11 is 0. The molecule has 0 aromatic heterocycles. The Morgan fingerprint density at radius 2 is 1.77 bits per heavy atom. The van der Waals surface area contributed by atoms with Crippen LogP contribution in [0.5, 0.6) is 5.75 Å². The van der Waals surface area contributed by atoms with Crippen LogP contribution >= 0.6 is 0 Å². The third-order valence-electron chi connectivity index (χ3n) is 5.15. The first-order valence-electron chi connectivity index (χ1n) is 9.30. The zero-order chi connectivity index (χ0) is 17.8. The number of amides is 1. The normalized spacial score (nSPS) is 19.6. The van der Waals surface area contributed by atoms with E-state index in [2.05, 4.69) is 23.5 Å². The van der Waals surface area contributed by atoms with Gasteiger partial charge >= 0.3 is 0 Å². The van der Waals surface area contributed by atoms with E-state index in [1.54, 1.807) is 0 Å². The van der Waals surface area contributed by atoms with Crippen LogP contribution in [0, 0.1) is 0 Å². The highest BCUT2D eigenvalue weighted by Crippen LogP contribution is 2.28. The maximum atomic E-state index is 12.5. The molecule has 1 saturated heterocycles. The van der Waals surface area contributed by atoms with Crippen LogP contribution in [0.25, 0.3) is 0 Å². The first-order chi connectivity index (χ1) is 12.8. The summed E-state index contributed by atoms with van der Waals surface area (Å²) in [6.07, 6.45) is 0.214. The Hall–Kier alpha value is -2.37. The lowest BCUT2D eigenvalue weighted by atomic mass is 10.1. The van der Waals surface area contributed by atoms with Crippen molar-refractivity contribution in [3.8, 4) is 5.75 Å². The van der Waals surface area contributed by atoms with Gasteiger partial charge in [-0.1, -0.05) is 42.5 Å². The molecule has 5 heteroatoms. The fourth-order valence-corrected chi connectivity index (χ4v) is 3.63. The van der Waals surface area contributed by atoms with Crippen molar-refractivity contribution in [1.29, 1.82) is 0 Å². The minimum absolute atomic E-state index is 0.0466. The lowest BCUT2D eigenvalue weighted by molar-refractivity contribution is -0.921. The van der Waals surface area contributed by atoms with E-state index in [1.807, 2.05) is 30.3 Å². The number of benzene rings is 2. The second-order valence-corrected chi connectivity index (χ2v) is 6.94. The van der Waals surface area contributed by atoms with Crippen LogP contribution in [0.2, 0.25) is 0 Å². The third kappa shape index (κ3) is 3.89. The smallest absolute Gasteiger partial charge is 0.261 e. The van der Waals surface area contributed by atoms with Gasteiger partial charge in [0.2, 0.25) is 0 Å². The lowest BCUT2D eigenvalue weighted by Crippen LogP contribution is -3.12. The zero-order valence-corrected chi connectivity index (χ0v) is 14.9. The zero-order valence-electron chi connectivity index (χ0n) is 14.9. The summed E-state index contributed by atoms with van der Waals surface area (Å²) in [5.41, 5.74) is 3.57. The van der Waals surface area contributed by atoms with Gasteiger partial charge in [-0.15, -0.1) is 0 Å². The van der Waals surface area contributed by atoms with E-state index in [0.29, 0.717) is 13.0 Å². The molecule has 0 saturated carbocycles. The molecule has 2 aliphatic heterocycles. The van der Waals surface area contributed by atoms with Crippen molar-refractivity contribution in [2.24, 2.45) is 0 Å². The Kier molecular flexibility index (Phi) is 5.18. The van der Waals surface area contributed by atoms with Crippen LogP contribution < -0.4 is 15.0 Å². The maximum absolute atomic E-state index is 12.5. The van der Waals surface area contributed by atoms with Crippen LogP contribution in [0.1, 0.15) is 16.7 Å². The maximum Gasteiger partial charge on any atom is 0.261 e. The van der Waals surface area contributed by atoms with Gasteiger partial charge in [-0.3, -0.25) is 4.79 Å². The van der Waals surface area contributed by atoms with Crippen molar-refractivity contribution in [2.45, 2.75) is 25.6 Å². The number of hydrogen-bond acceptors (Lipinski definition) is 3. The number of para-hydroxylation sites is 1. The molecule has 1 fully saturated rings. The van der Waals surface area contributed by atoms with Crippen LogP contribution in [0.4, 0.5) is 0 Å². The molecular weight excluding hydrogens is 328 g/mol. The molecule has 2 heterocycles. The van der Waals surface area contributed by atoms with Crippen molar-refractivity contribution in [2.75, 3.05) is 26.3 Å². The molecule has 1 atom stereocenters. The molecule has 0 spiro atoms. The van der Waals surface area contributed by atoms with E-state index in [-0.39, 0.29) is 5.91 Å². The summed E-state index contributed by atoms with van der Waals surface area (Å²) in [5.74, 6) is 0.777. The molecule has 2 N–H and O–H groups in total. The molecule has 26 heavy (non-hydrogen) atoms. The number of fused-ring (bicyclic) bond motifs is 1. The lowest BCUT2D eigenvalue weighted by Gasteiger charge is -2.24. The molecule has 1 amide bonds. The van der Waals surface area contributed by atoms with Gasteiger partial charge in [0.25, 0.3) is 5.91 Å². The van der Waals surface area contributed by atoms with E-state index < -0.39 is 6.10 Å². The highest BCUT2D eigenvalue weighted by atomic mass is 16.5. The fourth-order valence-electron chi connectivity index (χ4n) is 3.63. The standard InChI is InChI=1S/C21H24N2O3/c24-21(20-13-16-5-3-4-8-19(16)26-20)22-14-17-6-1-2-7-18(17)15-23-9-11-25-12-10-23/h1-8,20H,9-15H2,(H,22,24)/p+1/t20-/m0/s1. The van der Waals surface area contributed by atoms with Crippen molar-refractivity contribution in [3.05, 3.63) is 65.2 Å². The summed E-state index contributed by atoms with van der Waals surface area (Å²) in [6.45, 7) is 5.24. The second-order valence-electron chi connectivity index (χ2n) is 6.94. The van der Waals surface area contributed by atoms with E-state index in [9.17, 15) is 4.79 Å². The largest absolute Gasteiger partial charge is 0.480 e. The number of carbonyl (C=O) groups excluding carboxylic acids is 1. The molecule has 5 nitrogen and oxygen atoms in total. The first-order valence-corrected chi connectivity index (χ1v) is 9.30. The van der Waals surface area contributed by atoms with Crippen molar-refractivity contribution in [3.63, 3.8) is 0 Å². The summed E-state index contributed by atoms with van der Waals surface area (Å²) in [6, 6.07) is 16.2. The number of carbonyl (C=O) groups is 1. The molecule has 2 aromatic carbocycles. The SMILES string of the molecule is O=C(NCc1ccccc1C[NH+]1CCOCC1)[C@@H]1Cc2ccccc2O1. The van der Waals surface area contributed by atoms with Gasteiger partial charge in [-0.2, -0.15) is 0 Å². The van der Waals surface area contributed by atoms with E-state index >= 15 is 0 Å². The Morgan fingerprint density at radius 3 is 2.58 bits per heavy atom. The summed E-state index contributed by atoms with van der Waals surface area (Å²) in [7, 11) is 0. The molecule has 0 aliphatic carbocycles. The second kappa shape index (κ2) is 7.89. The Bertz CT molecular complexity index is 746. The molecule has 0 bridgehead atoms. The van der Waals surface area contributed by atoms with E-state index in [1.165, 1.54) is 16.0 Å². The Balaban J connectivity index is 1.35. The highest BCUT2D eigenvalue weighted by molar-refractivity contribution is 5.82. The number of morpholine rings is 1. The topological polar surface area (TPSA) is 52.0 Å². The van der Waals surface area contributed by atoms with Crippen LogP contribution in [-0.2, 0) is 29.0 Å². The summed E-state index contributed by atoms with van der Waals surface area (Å²) in [4.78, 5) is 14.1. The number of nitrogens with one attached hydrogen (secondary N) is 2. The third-order valence-corrected chi connectivity index (χ3v) is 5.15. The average Bonchev–Trinajstić information content (AvgIpc) is 3.12. The van der Waals surface area contributed by atoms with E-state index in [4.69, 9.17) is 9.47 Å². The number of hydrogen-bond donors (Lipinski definition) is 2. The highest BCUT2D eigenvalue weighted by Gasteiger charge is 2.28. The van der Waals surface area contributed by atoms with Crippen molar-refractivity contribution in [1.82, 2.24) is 5.32 Å². The van der Waals surface area contributed by atoms with Gasteiger partial charge in [0, 0.05) is 18.5 Å². The molecule has 0 radical (unpaired) electrons. The number of ether oxygens (including phenoxy) is 2. The number of rotatable bonds is 5. The van der Waals surface area contributed by atoms with Crippen LogP contribution in [0.3, 0.4) is 0 Å². The van der Waals surface area contributed by atoms with Gasteiger partial charge in [0.1, 0.15) is 25.4 Å². The summed E-state index contributed by atoms with van der Waals surface area (Å²) < 4.78 is 11.2. The van der Waals surface area contributed by atoms with Gasteiger partial charge in [-0.05, 0) is 17.2 Å². The molecule has 2 aromatic rings. The molecule has 136 valence electrons. The minimum atomic E-state index is -0.426. The predicted octanol–water partition coefficient (Wildman–Crippen LogP) is 0.722. The van der Waals surface area contributed by atoms with Crippen molar-refractivity contribution >= 4 is 5.91 Å². The van der Waals surface area contributed by atoms with Gasteiger partial charge in [-0.25, -0.2) is 0 Å².